The summed E-state index contributed by atoms with van der Waals surface area (Å²) in [5.74, 6) is -2.93. The average Bonchev–Trinajstić information content (AvgIpc) is 3.22. The number of benzene rings is 1. The molecule has 1 unspecified atom stereocenters. The van der Waals surface area contributed by atoms with Crippen molar-refractivity contribution in [3.8, 4) is 0 Å². The fourth-order valence-electron chi connectivity index (χ4n) is 3.53. The van der Waals surface area contributed by atoms with E-state index in [1.165, 1.54) is 0 Å². The van der Waals surface area contributed by atoms with Gasteiger partial charge in [-0.05, 0) is 38.9 Å². The Morgan fingerprint density at radius 3 is 2.80 bits per heavy atom. The van der Waals surface area contributed by atoms with Gasteiger partial charge < -0.3 is 15.5 Å². The van der Waals surface area contributed by atoms with Crippen LogP contribution in [-0.2, 0) is 11.3 Å². The highest BCUT2D eigenvalue weighted by atomic mass is 19.1. The van der Waals surface area contributed by atoms with Gasteiger partial charge in [-0.3, -0.25) is 14.3 Å². The van der Waals surface area contributed by atoms with E-state index in [1.54, 1.807) is 17.1 Å². The van der Waals surface area contributed by atoms with Crippen molar-refractivity contribution in [2.75, 3.05) is 25.5 Å². The number of hydrogen-bond donors (Lipinski definition) is 2. The third-order valence-electron chi connectivity index (χ3n) is 5.24. The van der Waals surface area contributed by atoms with Crippen LogP contribution in [0.25, 0.3) is 0 Å². The molecule has 0 saturated carbocycles. The Morgan fingerprint density at radius 1 is 1.23 bits per heavy atom. The molecule has 0 bridgehead atoms. The van der Waals surface area contributed by atoms with Crippen LogP contribution >= 0.6 is 0 Å². The Morgan fingerprint density at radius 2 is 2.07 bits per heavy atom. The minimum Gasteiger partial charge on any atom is -0.352 e. The van der Waals surface area contributed by atoms with Gasteiger partial charge in [0.15, 0.2) is 0 Å². The van der Waals surface area contributed by atoms with E-state index >= 15 is 0 Å². The topological polar surface area (TPSA) is 92.2 Å². The Balaban J connectivity index is 1.57. The van der Waals surface area contributed by atoms with Gasteiger partial charge in [-0.25, -0.2) is 8.78 Å². The molecule has 10 heteroatoms. The van der Waals surface area contributed by atoms with Crippen molar-refractivity contribution < 1.29 is 18.4 Å². The van der Waals surface area contributed by atoms with Gasteiger partial charge in [0.1, 0.15) is 11.6 Å². The molecule has 1 aliphatic rings. The molecule has 1 saturated heterocycles. The number of halogens is 2. The summed E-state index contributed by atoms with van der Waals surface area (Å²) in [5.41, 5.74) is -0.519. The van der Waals surface area contributed by atoms with Gasteiger partial charge in [-0.2, -0.15) is 0 Å². The van der Waals surface area contributed by atoms with E-state index in [2.05, 4.69) is 25.8 Å². The van der Waals surface area contributed by atoms with Crippen molar-refractivity contribution in [1.82, 2.24) is 25.2 Å². The SMILES string of the molecule is CN1CCCCC1CC(=O)Nc1cc(C(=O)NCCCn2ccnn2)c(F)cc1F. The van der Waals surface area contributed by atoms with Crippen molar-refractivity contribution in [3.05, 3.63) is 41.7 Å². The predicted octanol–water partition coefficient (Wildman–Crippen LogP) is 2.19. The van der Waals surface area contributed by atoms with Crippen molar-refractivity contribution in [2.45, 2.75) is 44.7 Å². The van der Waals surface area contributed by atoms with Crippen LogP contribution in [0.3, 0.4) is 0 Å². The Labute approximate surface area is 173 Å². The highest BCUT2D eigenvalue weighted by molar-refractivity contribution is 5.97. The molecule has 3 rings (SSSR count). The first-order valence-electron chi connectivity index (χ1n) is 10.1. The number of rotatable bonds is 8. The van der Waals surface area contributed by atoms with E-state index in [-0.39, 0.29) is 36.2 Å². The molecule has 8 nitrogen and oxygen atoms in total. The lowest BCUT2D eigenvalue weighted by molar-refractivity contribution is -0.117. The molecule has 2 amide bonds. The molecule has 1 aliphatic heterocycles. The Kier molecular flexibility index (Phi) is 7.45. The number of aromatic nitrogens is 3. The summed E-state index contributed by atoms with van der Waals surface area (Å²) >= 11 is 0. The summed E-state index contributed by atoms with van der Waals surface area (Å²) in [4.78, 5) is 26.8. The molecule has 30 heavy (non-hydrogen) atoms. The second kappa shape index (κ2) is 10.2. The Hall–Kier alpha value is -2.88. The number of carbonyl (C=O) groups is 2. The van der Waals surface area contributed by atoms with Gasteiger partial charge in [0.2, 0.25) is 5.91 Å². The van der Waals surface area contributed by atoms with E-state index in [9.17, 15) is 18.4 Å². The lowest BCUT2D eigenvalue weighted by Crippen LogP contribution is -2.38. The molecule has 0 spiro atoms. The van der Waals surface area contributed by atoms with Crippen molar-refractivity contribution in [1.29, 1.82) is 0 Å². The average molecular weight is 420 g/mol. The first-order valence-corrected chi connectivity index (χ1v) is 10.1. The van der Waals surface area contributed by atoms with Crippen LogP contribution in [0.5, 0.6) is 0 Å². The van der Waals surface area contributed by atoms with Gasteiger partial charge in [-0.15, -0.1) is 5.10 Å². The van der Waals surface area contributed by atoms with Gasteiger partial charge >= 0.3 is 0 Å². The number of likely N-dealkylation sites (tertiary alicyclic amines) is 1. The number of aryl methyl sites for hydroxylation is 1. The van der Waals surface area contributed by atoms with E-state index in [1.807, 2.05) is 7.05 Å². The monoisotopic (exact) mass is 420 g/mol. The zero-order valence-corrected chi connectivity index (χ0v) is 16.9. The minimum absolute atomic E-state index is 0.0926. The van der Waals surface area contributed by atoms with Gasteiger partial charge in [-0.1, -0.05) is 11.6 Å². The number of hydrogen-bond acceptors (Lipinski definition) is 5. The molecule has 1 atom stereocenters. The highest BCUT2D eigenvalue weighted by Crippen LogP contribution is 2.22. The van der Waals surface area contributed by atoms with E-state index in [4.69, 9.17) is 0 Å². The second-order valence-electron chi connectivity index (χ2n) is 7.47. The first-order chi connectivity index (χ1) is 14.4. The number of nitrogens with zero attached hydrogens (tertiary/aromatic N) is 4. The molecule has 2 aromatic rings. The highest BCUT2D eigenvalue weighted by Gasteiger charge is 2.23. The summed E-state index contributed by atoms with van der Waals surface area (Å²) in [6.45, 7) is 1.75. The number of piperidine rings is 1. The maximum atomic E-state index is 14.2. The smallest absolute Gasteiger partial charge is 0.254 e. The van der Waals surface area contributed by atoms with Crippen molar-refractivity contribution in [3.63, 3.8) is 0 Å². The normalized spacial score (nSPS) is 17.0. The number of carbonyl (C=O) groups excluding carboxylic acids is 2. The van der Waals surface area contributed by atoms with Crippen LogP contribution in [0.4, 0.5) is 14.5 Å². The summed E-state index contributed by atoms with van der Waals surface area (Å²) in [6.07, 6.45) is 7.08. The number of amides is 2. The molecule has 0 aliphatic carbocycles. The molecule has 2 N–H and O–H groups in total. The summed E-state index contributed by atoms with van der Waals surface area (Å²) < 4.78 is 29.9. The molecule has 1 fully saturated rings. The molecule has 162 valence electrons. The maximum Gasteiger partial charge on any atom is 0.254 e. The fraction of sp³-hybridized carbons (Fsp3) is 0.500. The van der Waals surface area contributed by atoms with E-state index in [0.29, 0.717) is 19.0 Å². The molecule has 1 aromatic carbocycles. The van der Waals surface area contributed by atoms with E-state index in [0.717, 1.165) is 31.9 Å². The summed E-state index contributed by atoms with van der Waals surface area (Å²) in [6, 6.07) is 1.75. The van der Waals surface area contributed by atoms with Crippen LogP contribution in [0.1, 0.15) is 42.5 Å². The predicted molar refractivity (Wildman–Crippen MR) is 107 cm³/mol. The van der Waals surface area contributed by atoms with Crippen molar-refractivity contribution >= 4 is 17.5 Å². The standard InChI is InChI=1S/C20H26F2N6O2/c1-27-8-3-2-5-14(27)11-19(29)25-18-12-15(16(21)13-17(18)22)20(30)23-6-4-9-28-10-7-24-26-28/h7,10,12-14H,2-6,8-9,11H2,1H3,(H,23,30)(H,25,29). The largest absolute Gasteiger partial charge is 0.352 e. The van der Waals surface area contributed by atoms with Crippen LogP contribution in [0.2, 0.25) is 0 Å². The summed E-state index contributed by atoms with van der Waals surface area (Å²) in [7, 11) is 1.96. The van der Waals surface area contributed by atoms with Gasteiger partial charge in [0.05, 0.1) is 17.4 Å². The van der Waals surface area contributed by atoms with Crippen LogP contribution in [-0.4, -0.2) is 57.9 Å². The van der Waals surface area contributed by atoms with Gasteiger partial charge in [0, 0.05) is 37.8 Å². The molecular weight excluding hydrogens is 394 g/mol. The molecule has 2 heterocycles. The number of nitrogens with one attached hydrogen (secondary N) is 2. The minimum atomic E-state index is -0.980. The van der Waals surface area contributed by atoms with E-state index < -0.39 is 17.5 Å². The third-order valence-corrected chi connectivity index (χ3v) is 5.24. The quantitative estimate of drug-likeness (QED) is 0.639. The van der Waals surface area contributed by atoms with Crippen LogP contribution in [0.15, 0.2) is 24.5 Å². The zero-order valence-electron chi connectivity index (χ0n) is 16.9. The Bertz CT molecular complexity index is 874. The fourth-order valence-corrected chi connectivity index (χ4v) is 3.53. The first kappa shape index (κ1) is 21.8. The van der Waals surface area contributed by atoms with Crippen LogP contribution < -0.4 is 10.6 Å². The lowest BCUT2D eigenvalue weighted by atomic mass is 10.00. The maximum absolute atomic E-state index is 14.2. The zero-order chi connectivity index (χ0) is 21.5. The van der Waals surface area contributed by atoms with Crippen molar-refractivity contribution in [2.24, 2.45) is 0 Å². The van der Waals surface area contributed by atoms with Crippen LogP contribution in [0, 0.1) is 11.6 Å². The lowest BCUT2D eigenvalue weighted by Gasteiger charge is -2.31. The molecule has 1 aromatic heterocycles. The molecule has 0 radical (unpaired) electrons. The summed E-state index contributed by atoms with van der Waals surface area (Å²) in [5, 5.41) is 12.6. The second-order valence-corrected chi connectivity index (χ2v) is 7.47. The molecular formula is C20H26F2N6O2. The number of anilines is 1. The van der Waals surface area contributed by atoms with Gasteiger partial charge in [0.25, 0.3) is 5.91 Å². The third kappa shape index (κ3) is 5.82.